The molecule has 18 aromatic rings. The molecule has 1 atom stereocenters. The maximum Gasteiger partial charge on any atom is 0.0979 e. The number of nitrogens with zero attached hydrogens (tertiary/aromatic N) is 4. The number of halogens is 1. The van der Waals surface area contributed by atoms with Crippen LogP contribution in [0.3, 0.4) is 0 Å². The van der Waals surface area contributed by atoms with E-state index in [-0.39, 0.29) is 46.5 Å². The summed E-state index contributed by atoms with van der Waals surface area (Å²) >= 11 is 1.87. The predicted molar refractivity (Wildman–Crippen MR) is 436 cm³/mol. The third-order valence-corrected chi connectivity index (χ3v) is 21.2. The molecule has 3 radical (unpaired) electrons. The molecule has 0 fully saturated rings. The van der Waals surface area contributed by atoms with Crippen LogP contribution in [0.4, 0.5) is 21.5 Å². The van der Waals surface area contributed by atoms with E-state index in [2.05, 4.69) is 365 Å². The number of hydrogen-bond acceptors (Lipinski definition) is 4. The number of para-hydroxylation sites is 2. The van der Waals surface area contributed by atoms with Crippen molar-refractivity contribution < 1.29 is 4.39 Å². The van der Waals surface area contributed by atoms with Crippen LogP contribution in [0.2, 0.25) is 0 Å². The normalized spacial score (nSPS) is 12.1. The molecule has 0 aliphatic heterocycles. The van der Waals surface area contributed by atoms with Crippen molar-refractivity contribution in [1.29, 1.82) is 0 Å². The Morgan fingerprint density at radius 2 is 0.861 bits per heavy atom. The molecule has 0 N–H and O–H groups in total. The van der Waals surface area contributed by atoms with Crippen LogP contribution in [0.25, 0.3) is 147 Å². The third kappa shape index (κ3) is 12.0. The molecular weight excluding hydrogens is 1460 g/mol. The van der Waals surface area contributed by atoms with Gasteiger partial charge < -0.3 is 9.47 Å². The Kier molecular flexibility index (Phi) is 17.9. The van der Waals surface area contributed by atoms with E-state index in [1.165, 1.54) is 120 Å². The molecule has 9 heteroatoms. The van der Waals surface area contributed by atoms with Crippen molar-refractivity contribution in [1.82, 2.24) is 14.5 Å². The zero-order valence-electron chi connectivity index (χ0n) is 55.8. The molecule has 1 aliphatic carbocycles. The third-order valence-electron chi connectivity index (χ3n) is 19.8. The van der Waals surface area contributed by atoms with Gasteiger partial charge in [0.05, 0.1) is 40.4 Å². The second-order valence-corrected chi connectivity index (χ2v) is 27.7. The Hall–Kier alpha value is -10.7. The quantitative estimate of drug-likeness (QED) is 0.0777. The molecule has 1 aliphatic rings. The van der Waals surface area contributed by atoms with Crippen LogP contribution in [0.1, 0.15) is 25.0 Å². The predicted octanol–water partition coefficient (Wildman–Crippen LogP) is 25.0. The zero-order chi connectivity index (χ0) is 67.3. The first-order chi connectivity index (χ1) is 49.3. The monoisotopic (exact) mass is 1530 g/mol. The molecule has 4 nitrogen and oxygen atoms in total. The van der Waals surface area contributed by atoms with Gasteiger partial charge in [0.1, 0.15) is 7.57 Å². The number of anilines is 3. The summed E-state index contributed by atoms with van der Waals surface area (Å²) in [5, 5.41) is 9.84. The van der Waals surface area contributed by atoms with Crippen LogP contribution in [0, 0.1) is 0 Å². The summed E-state index contributed by atoms with van der Waals surface area (Å²) in [6.45, 7) is 4.70. The molecule has 0 bridgehead atoms. The second kappa shape index (κ2) is 27.8. The van der Waals surface area contributed by atoms with Gasteiger partial charge in [0.2, 0.25) is 0 Å². The summed E-state index contributed by atoms with van der Waals surface area (Å²) in [5.41, 5.74) is 25.8. The minimum absolute atomic E-state index is 0. The van der Waals surface area contributed by atoms with Gasteiger partial charge in [-0.2, -0.15) is 0 Å². The van der Waals surface area contributed by atoms with Crippen LogP contribution in [-0.4, -0.2) is 54.7 Å². The van der Waals surface area contributed by atoms with Crippen LogP contribution in [-0.2, 0) is 5.41 Å². The van der Waals surface area contributed by atoms with Gasteiger partial charge in [-0.15, -0.1) is 19.8 Å². The zero-order valence-corrected chi connectivity index (χ0v) is 62.1. The number of fused-ring (bicyclic) bond motifs is 15. The number of alkyl halides is 1. The molecule has 0 saturated carbocycles. The fourth-order valence-corrected chi connectivity index (χ4v) is 16.2. The van der Waals surface area contributed by atoms with Crippen molar-refractivity contribution in [3.05, 3.63) is 351 Å². The van der Waals surface area contributed by atoms with Crippen molar-refractivity contribution >= 4 is 145 Å². The average molecular weight is 1530 g/mol. The largest absolute Gasteiger partial charge is 0.252 e. The second-order valence-electron chi connectivity index (χ2n) is 25.9. The molecule has 0 saturated heterocycles. The summed E-state index contributed by atoms with van der Waals surface area (Å²) in [4.78, 5) is 12.6. The van der Waals surface area contributed by atoms with Crippen molar-refractivity contribution in [2.24, 2.45) is 0 Å². The van der Waals surface area contributed by atoms with Gasteiger partial charge in [-0.3, -0.25) is 4.98 Å². The topological polar surface area (TPSA) is 34.0 Å². The molecule has 0 spiro atoms. The molecule has 15 aromatic carbocycles. The average Bonchev–Trinajstić information content (AvgIpc) is 1.13. The molecule has 19 rings (SSSR count). The van der Waals surface area contributed by atoms with E-state index in [0.29, 0.717) is 0 Å². The summed E-state index contributed by atoms with van der Waals surface area (Å²) < 4.78 is 15.6. The fourth-order valence-electron chi connectivity index (χ4n) is 15.0. The number of hydrogen-bond donors (Lipinski definition) is 0. The maximum absolute atomic E-state index is 10.6. The number of rotatable bonds is 10. The maximum atomic E-state index is 10.6. The minimum Gasteiger partial charge on any atom is -0.252 e. The van der Waals surface area contributed by atoms with E-state index in [9.17, 15) is 4.39 Å². The fraction of sp³-hybridized carbons (Fsp3) is 0.0435. The van der Waals surface area contributed by atoms with Crippen LogP contribution in [0.5, 0.6) is 0 Å². The van der Waals surface area contributed by atoms with Crippen molar-refractivity contribution in [2.45, 2.75) is 19.3 Å². The van der Waals surface area contributed by atoms with Crippen LogP contribution < -0.4 is 4.90 Å². The SMILES string of the molecule is CC1(C)c2ccccc2-c2ccc(N(c3ccc(-c4ccccc4)cc3)c3ccc(-c4ccc5c(c4)c4ccccc4n5-c4ccccc4)cc3)cc21.[B]PCF.[BiH2].c1cc(-c2cccc(-c3cccc4c3sc3ccccc34)c2)cc(-c2cnc3c4ccccc4c4ccccc4c3n2)c1. The van der Waals surface area contributed by atoms with E-state index < -0.39 is 0 Å². The first-order valence-electron chi connectivity index (χ1n) is 33.8. The summed E-state index contributed by atoms with van der Waals surface area (Å²) in [6, 6.07) is 121. The van der Waals surface area contributed by atoms with E-state index in [0.717, 1.165) is 55.7 Å². The Morgan fingerprint density at radius 3 is 1.56 bits per heavy atom. The van der Waals surface area contributed by atoms with Gasteiger partial charge in [0, 0.05) is 75.4 Å². The Labute approximate surface area is 613 Å². The smallest absolute Gasteiger partial charge is 0.0979 e. The molecule has 481 valence electrons. The van der Waals surface area contributed by atoms with Crippen LogP contribution in [0.15, 0.2) is 340 Å². The van der Waals surface area contributed by atoms with E-state index >= 15 is 0 Å². The van der Waals surface area contributed by atoms with Crippen molar-refractivity contribution in [3.8, 4) is 72.6 Å². The molecule has 3 aromatic heterocycles. The summed E-state index contributed by atoms with van der Waals surface area (Å²) in [5.74, 6) is 0. The van der Waals surface area contributed by atoms with Crippen molar-refractivity contribution in [2.75, 3.05) is 11.3 Å². The van der Waals surface area contributed by atoms with E-state index in [4.69, 9.17) is 9.97 Å². The van der Waals surface area contributed by atoms with Crippen LogP contribution >= 0.6 is 19.8 Å². The molecular formula is C92H67BBiFN4PS. The summed E-state index contributed by atoms with van der Waals surface area (Å²) in [6.07, 6.45) is 1.54. The number of aromatic nitrogens is 3. The van der Waals surface area contributed by atoms with Gasteiger partial charge >= 0.3 is 26.2 Å². The molecule has 3 heterocycles. The van der Waals surface area contributed by atoms with E-state index in [1.807, 2.05) is 17.5 Å². The van der Waals surface area contributed by atoms with Gasteiger partial charge in [-0.05, 0) is 162 Å². The van der Waals surface area contributed by atoms with Gasteiger partial charge in [0.25, 0.3) is 0 Å². The van der Waals surface area contributed by atoms with Crippen molar-refractivity contribution in [3.63, 3.8) is 0 Å². The first-order valence-corrected chi connectivity index (χ1v) is 35.9. The molecule has 1 unspecified atom stereocenters. The molecule has 0 amide bonds. The Bertz CT molecular complexity index is 6080. The number of thiophene rings is 1. The van der Waals surface area contributed by atoms with Gasteiger partial charge in [-0.25, -0.2) is 9.37 Å². The van der Waals surface area contributed by atoms with Gasteiger partial charge in [-0.1, -0.05) is 263 Å². The Balaban J connectivity index is 0.000000150. The standard InChI is InChI=1S/C51H38N2.C40H24N2S.CH3BFP.Bi.2H/c1-51(2)47-19-11-9-17-43(47)44-31-30-42(34-48(44)51)52(40-26-21-36(22-27-40)35-13-5-3-6-14-35)41-28-23-37(24-29-41)38-25-32-50-46(33-38)45-18-10-12-20-49(45)53(50)39-15-7-4-8-16-39;1-3-17-33-30(14-1)31-15-2-4-18-34(31)39-38(33)41-24-36(42-39)28-13-8-11-26(23-28)25-10-7-12-27(22-25)29-19-9-20-35-32-16-5-6-21-37(32)43-40(29)35;2-4-1-3;;;/h3-34H,1-2H3;1-24H;4H,1H2;;;. The van der Waals surface area contributed by atoms with E-state index in [1.54, 1.807) is 0 Å². The number of benzene rings is 15. The van der Waals surface area contributed by atoms with Gasteiger partial charge in [0.15, 0.2) is 0 Å². The minimum atomic E-state index is -0.375. The first kappa shape index (κ1) is 64.9. The molecule has 101 heavy (non-hydrogen) atoms. The summed E-state index contributed by atoms with van der Waals surface area (Å²) in [7, 11) is 4.65. The Morgan fingerprint density at radius 1 is 0.386 bits per heavy atom.